The molecule has 0 aromatic heterocycles. The Hall–Kier alpha value is -2.44. The standard InChI is InChI=1S/C16H21N3O4/c1-22-13-4-2-12(3-5-13)19-8-10(9-19)15(20)18-11-6-14(7-11)23-16(17)21/h2-5,10-11,14H,6-9H2,1H3,(H2,17,21)(H,18,20). The van der Waals surface area contributed by atoms with Crippen LogP contribution in [-0.4, -0.2) is 44.3 Å². The Bertz CT molecular complexity index is 577. The zero-order valence-corrected chi connectivity index (χ0v) is 13.0. The second-order valence-corrected chi connectivity index (χ2v) is 6.04. The van der Waals surface area contributed by atoms with E-state index < -0.39 is 6.09 Å². The van der Waals surface area contributed by atoms with Crippen molar-refractivity contribution in [3.8, 4) is 5.75 Å². The summed E-state index contributed by atoms with van der Waals surface area (Å²) in [5.41, 5.74) is 6.05. The number of nitrogens with two attached hydrogens (primary N) is 1. The third kappa shape index (κ3) is 3.49. The van der Waals surface area contributed by atoms with Crippen LogP contribution in [0.1, 0.15) is 12.8 Å². The molecule has 124 valence electrons. The molecule has 0 unspecified atom stereocenters. The molecular formula is C16H21N3O4. The van der Waals surface area contributed by atoms with Crippen molar-refractivity contribution in [1.82, 2.24) is 5.32 Å². The predicted molar refractivity (Wildman–Crippen MR) is 84.3 cm³/mol. The quantitative estimate of drug-likeness (QED) is 0.840. The highest BCUT2D eigenvalue weighted by Gasteiger charge is 2.37. The van der Waals surface area contributed by atoms with Gasteiger partial charge in [-0.15, -0.1) is 0 Å². The van der Waals surface area contributed by atoms with Crippen molar-refractivity contribution >= 4 is 17.7 Å². The van der Waals surface area contributed by atoms with Crippen LogP contribution in [0.2, 0.25) is 0 Å². The molecule has 3 rings (SSSR count). The van der Waals surface area contributed by atoms with Crippen molar-refractivity contribution in [1.29, 1.82) is 0 Å². The first-order valence-corrected chi connectivity index (χ1v) is 7.70. The minimum Gasteiger partial charge on any atom is -0.497 e. The van der Waals surface area contributed by atoms with Gasteiger partial charge in [-0.05, 0) is 24.3 Å². The van der Waals surface area contributed by atoms with Gasteiger partial charge in [0.25, 0.3) is 0 Å². The van der Waals surface area contributed by atoms with Gasteiger partial charge in [-0.25, -0.2) is 4.79 Å². The smallest absolute Gasteiger partial charge is 0.404 e. The van der Waals surface area contributed by atoms with Gasteiger partial charge in [-0.3, -0.25) is 4.79 Å². The number of primary amides is 1. The van der Waals surface area contributed by atoms with Gasteiger partial charge in [0.2, 0.25) is 5.91 Å². The van der Waals surface area contributed by atoms with Gasteiger partial charge in [0.15, 0.2) is 0 Å². The Balaban J connectivity index is 1.39. The molecule has 7 nitrogen and oxygen atoms in total. The Morgan fingerprint density at radius 1 is 1.22 bits per heavy atom. The number of ether oxygens (including phenoxy) is 2. The SMILES string of the molecule is COc1ccc(N2CC(C(=O)NC3CC(OC(N)=O)C3)C2)cc1. The molecule has 1 saturated carbocycles. The molecule has 0 bridgehead atoms. The first kappa shape index (κ1) is 15.5. The summed E-state index contributed by atoms with van der Waals surface area (Å²) in [6.07, 6.45) is 0.372. The summed E-state index contributed by atoms with van der Waals surface area (Å²) in [5.74, 6) is 0.895. The van der Waals surface area contributed by atoms with Gasteiger partial charge < -0.3 is 25.4 Å². The van der Waals surface area contributed by atoms with E-state index in [2.05, 4.69) is 10.2 Å². The third-order valence-corrected chi connectivity index (χ3v) is 4.41. The summed E-state index contributed by atoms with van der Waals surface area (Å²) < 4.78 is 9.99. The number of rotatable bonds is 5. The molecular weight excluding hydrogens is 298 g/mol. The number of carbonyl (C=O) groups is 2. The lowest BCUT2D eigenvalue weighted by molar-refractivity contribution is -0.127. The first-order chi connectivity index (χ1) is 11.0. The number of carbonyl (C=O) groups excluding carboxylic acids is 2. The van der Waals surface area contributed by atoms with Crippen LogP contribution >= 0.6 is 0 Å². The Morgan fingerprint density at radius 3 is 2.43 bits per heavy atom. The maximum atomic E-state index is 12.1. The molecule has 1 aromatic rings. The maximum Gasteiger partial charge on any atom is 0.404 e. The van der Waals surface area contributed by atoms with E-state index >= 15 is 0 Å². The van der Waals surface area contributed by atoms with Crippen LogP contribution < -0.4 is 20.7 Å². The monoisotopic (exact) mass is 319 g/mol. The number of hydrogen-bond acceptors (Lipinski definition) is 5. The van der Waals surface area contributed by atoms with E-state index in [1.54, 1.807) is 7.11 Å². The summed E-state index contributed by atoms with van der Waals surface area (Å²) in [7, 11) is 1.64. The number of methoxy groups -OCH3 is 1. The summed E-state index contributed by atoms with van der Waals surface area (Å²) >= 11 is 0. The normalized spacial score (nSPS) is 23.4. The first-order valence-electron chi connectivity index (χ1n) is 7.70. The van der Waals surface area contributed by atoms with E-state index in [9.17, 15) is 9.59 Å². The number of nitrogens with one attached hydrogen (secondary N) is 1. The summed E-state index contributed by atoms with van der Waals surface area (Å²) in [6, 6.07) is 7.89. The largest absolute Gasteiger partial charge is 0.497 e. The van der Waals surface area contributed by atoms with Gasteiger partial charge in [0, 0.05) is 37.7 Å². The minimum atomic E-state index is -0.756. The molecule has 0 radical (unpaired) electrons. The van der Waals surface area contributed by atoms with Crippen molar-refractivity contribution in [2.24, 2.45) is 11.7 Å². The Morgan fingerprint density at radius 2 is 1.87 bits per heavy atom. The molecule has 1 aliphatic carbocycles. The van der Waals surface area contributed by atoms with Crippen molar-refractivity contribution in [3.63, 3.8) is 0 Å². The maximum absolute atomic E-state index is 12.1. The van der Waals surface area contributed by atoms with Crippen molar-refractivity contribution in [2.75, 3.05) is 25.1 Å². The van der Waals surface area contributed by atoms with Gasteiger partial charge in [0.1, 0.15) is 11.9 Å². The molecule has 1 aliphatic heterocycles. The number of hydrogen-bond donors (Lipinski definition) is 2. The van der Waals surface area contributed by atoms with Crippen LogP contribution in [0.4, 0.5) is 10.5 Å². The van der Waals surface area contributed by atoms with Gasteiger partial charge in [0.05, 0.1) is 13.0 Å². The number of nitrogens with zero attached hydrogens (tertiary/aromatic N) is 1. The molecule has 1 saturated heterocycles. The van der Waals surface area contributed by atoms with Gasteiger partial charge in [-0.1, -0.05) is 0 Å². The summed E-state index contributed by atoms with van der Waals surface area (Å²) in [4.78, 5) is 24.9. The minimum absolute atomic E-state index is 0.00760. The molecule has 2 fully saturated rings. The lowest BCUT2D eigenvalue weighted by atomic mass is 9.88. The molecule has 1 aromatic carbocycles. The molecule has 0 spiro atoms. The molecule has 2 amide bonds. The summed E-state index contributed by atoms with van der Waals surface area (Å²) in [5, 5.41) is 2.99. The number of amides is 2. The van der Waals surface area contributed by atoms with E-state index in [1.165, 1.54) is 0 Å². The Kier molecular flexibility index (Phi) is 4.27. The van der Waals surface area contributed by atoms with Crippen LogP contribution in [0.15, 0.2) is 24.3 Å². The zero-order valence-electron chi connectivity index (χ0n) is 13.0. The molecule has 1 heterocycles. The van der Waals surface area contributed by atoms with E-state index in [1.807, 2.05) is 24.3 Å². The van der Waals surface area contributed by atoms with Gasteiger partial charge in [-0.2, -0.15) is 0 Å². The van der Waals surface area contributed by atoms with Crippen LogP contribution in [0.3, 0.4) is 0 Å². The molecule has 3 N–H and O–H groups in total. The van der Waals surface area contributed by atoms with E-state index in [0.717, 1.165) is 11.4 Å². The lowest BCUT2D eigenvalue weighted by Gasteiger charge is -2.42. The predicted octanol–water partition coefficient (Wildman–Crippen LogP) is 0.874. The number of benzene rings is 1. The van der Waals surface area contributed by atoms with Crippen LogP contribution in [0.5, 0.6) is 5.75 Å². The van der Waals surface area contributed by atoms with E-state index in [-0.39, 0.29) is 24.0 Å². The molecule has 2 aliphatic rings. The average molecular weight is 319 g/mol. The fraction of sp³-hybridized carbons (Fsp3) is 0.500. The second-order valence-electron chi connectivity index (χ2n) is 6.04. The third-order valence-electron chi connectivity index (χ3n) is 4.41. The lowest BCUT2D eigenvalue weighted by Crippen LogP contribution is -2.57. The molecule has 23 heavy (non-hydrogen) atoms. The van der Waals surface area contributed by atoms with Crippen LogP contribution in [0.25, 0.3) is 0 Å². The van der Waals surface area contributed by atoms with Crippen molar-refractivity contribution in [3.05, 3.63) is 24.3 Å². The topological polar surface area (TPSA) is 93.9 Å². The van der Waals surface area contributed by atoms with E-state index in [0.29, 0.717) is 25.9 Å². The van der Waals surface area contributed by atoms with Crippen molar-refractivity contribution in [2.45, 2.75) is 25.0 Å². The average Bonchev–Trinajstić information content (AvgIpc) is 2.43. The van der Waals surface area contributed by atoms with Gasteiger partial charge >= 0.3 is 6.09 Å². The highest BCUT2D eigenvalue weighted by Crippen LogP contribution is 2.28. The number of anilines is 1. The zero-order chi connectivity index (χ0) is 16.4. The second kappa shape index (κ2) is 6.36. The fourth-order valence-corrected chi connectivity index (χ4v) is 2.91. The molecule has 0 atom stereocenters. The Labute approximate surface area is 134 Å². The molecule has 7 heteroatoms. The van der Waals surface area contributed by atoms with Crippen LogP contribution in [0, 0.1) is 5.92 Å². The van der Waals surface area contributed by atoms with E-state index in [4.69, 9.17) is 15.2 Å². The fourth-order valence-electron chi connectivity index (χ4n) is 2.91. The van der Waals surface area contributed by atoms with Crippen LogP contribution in [-0.2, 0) is 9.53 Å². The van der Waals surface area contributed by atoms with Crippen molar-refractivity contribution < 1.29 is 19.1 Å². The summed E-state index contributed by atoms with van der Waals surface area (Å²) in [6.45, 7) is 1.43. The highest BCUT2D eigenvalue weighted by molar-refractivity contribution is 5.82. The highest BCUT2D eigenvalue weighted by atomic mass is 16.6.